The molecule has 0 aliphatic carbocycles. The lowest BCUT2D eigenvalue weighted by Gasteiger charge is -2.15. The number of aryl methyl sites for hydroxylation is 1. The van der Waals surface area contributed by atoms with Crippen molar-refractivity contribution in [2.75, 3.05) is 12.4 Å². The van der Waals surface area contributed by atoms with E-state index in [2.05, 4.69) is 33.7 Å². The van der Waals surface area contributed by atoms with Crippen LogP contribution in [0.3, 0.4) is 0 Å². The van der Waals surface area contributed by atoms with Crippen LogP contribution in [-0.4, -0.2) is 17.3 Å². The molecule has 1 N–H and O–H groups in total. The number of rotatable bonds is 7. The van der Waals surface area contributed by atoms with Gasteiger partial charge in [0.15, 0.2) is 0 Å². The first kappa shape index (κ1) is 19.7. The molecule has 4 rings (SSSR count). The maximum absolute atomic E-state index is 5.92. The Morgan fingerprint density at radius 2 is 1.80 bits per heavy atom. The van der Waals surface area contributed by atoms with E-state index in [-0.39, 0.29) is 6.04 Å². The molecule has 0 aliphatic rings. The standard InChI is InChI=1S/C25H25N3O2/c1-17-8-7-11-20(14-17)25-28-27-24(30-25)18(2)26-22-12-13-23(29-3)21(16-22)15-19-9-5-4-6-10-19/h4-14,16,18,26H,15H2,1-3H3/t18-/m1/s1. The maximum atomic E-state index is 5.92. The first-order valence-corrected chi connectivity index (χ1v) is 10.00. The number of anilines is 1. The fourth-order valence-electron chi connectivity index (χ4n) is 3.44. The fourth-order valence-corrected chi connectivity index (χ4v) is 3.44. The quantitative estimate of drug-likeness (QED) is 0.424. The number of nitrogens with zero attached hydrogens (tertiary/aromatic N) is 2. The second kappa shape index (κ2) is 8.82. The zero-order chi connectivity index (χ0) is 20.9. The molecule has 1 atom stereocenters. The second-order valence-electron chi connectivity index (χ2n) is 7.37. The van der Waals surface area contributed by atoms with Gasteiger partial charge in [0, 0.05) is 23.2 Å². The topological polar surface area (TPSA) is 60.2 Å². The molecular weight excluding hydrogens is 374 g/mol. The summed E-state index contributed by atoms with van der Waals surface area (Å²) in [6, 6.07) is 24.4. The van der Waals surface area contributed by atoms with Crippen LogP contribution in [-0.2, 0) is 6.42 Å². The Labute approximate surface area is 176 Å². The van der Waals surface area contributed by atoms with E-state index in [4.69, 9.17) is 9.15 Å². The van der Waals surface area contributed by atoms with Crippen molar-refractivity contribution in [2.45, 2.75) is 26.3 Å². The third-order valence-corrected chi connectivity index (χ3v) is 4.98. The zero-order valence-corrected chi connectivity index (χ0v) is 17.4. The van der Waals surface area contributed by atoms with Crippen LogP contribution in [0.4, 0.5) is 5.69 Å². The second-order valence-corrected chi connectivity index (χ2v) is 7.37. The maximum Gasteiger partial charge on any atom is 0.247 e. The van der Waals surface area contributed by atoms with E-state index in [1.165, 1.54) is 5.56 Å². The lowest BCUT2D eigenvalue weighted by molar-refractivity contribution is 0.410. The summed E-state index contributed by atoms with van der Waals surface area (Å²) in [6.45, 7) is 4.05. The molecule has 5 nitrogen and oxygen atoms in total. The van der Waals surface area contributed by atoms with Gasteiger partial charge in [0.1, 0.15) is 11.8 Å². The predicted molar refractivity (Wildman–Crippen MR) is 119 cm³/mol. The van der Waals surface area contributed by atoms with Crippen LogP contribution in [0.15, 0.2) is 77.2 Å². The van der Waals surface area contributed by atoms with Crippen molar-refractivity contribution in [1.82, 2.24) is 10.2 Å². The summed E-state index contributed by atoms with van der Waals surface area (Å²) in [5, 5.41) is 11.9. The highest BCUT2D eigenvalue weighted by Crippen LogP contribution is 2.28. The lowest BCUT2D eigenvalue weighted by Crippen LogP contribution is -2.07. The summed E-state index contributed by atoms with van der Waals surface area (Å²) in [7, 11) is 1.70. The van der Waals surface area contributed by atoms with Crippen LogP contribution in [0.5, 0.6) is 5.75 Å². The van der Waals surface area contributed by atoms with Gasteiger partial charge in [-0.1, -0.05) is 48.0 Å². The van der Waals surface area contributed by atoms with E-state index in [1.807, 2.05) is 68.4 Å². The molecule has 5 heteroatoms. The van der Waals surface area contributed by atoms with Gasteiger partial charge in [-0.15, -0.1) is 10.2 Å². The first-order chi connectivity index (χ1) is 14.6. The predicted octanol–water partition coefficient (Wildman–Crippen LogP) is 5.82. The van der Waals surface area contributed by atoms with Crippen molar-refractivity contribution in [2.24, 2.45) is 0 Å². The SMILES string of the molecule is COc1ccc(N[C@H](C)c2nnc(-c3cccc(C)c3)o2)cc1Cc1ccccc1. The molecule has 0 aliphatic heterocycles. The van der Waals surface area contributed by atoms with Gasteiger partial charge in [-0.3, -0.25) is 0 Å². The van der Waals surface area contributed by atoms with Gasteiger partial charge >= 0.3 is 0 Å². The van der Waals surface area contributed by atoms with E-state index in [9.17, 15) is 0 Å². The normalized spacial score (nSPS) is 11.8. The molecule has 0 saturated carbocycles. The highest BCUT2D eigenvalue weighted by atomic mass is 16.5. The number of hydrogen-bond acceptors (Lipinski definition) is 5. The first-order valence-electron chi connectivity index (χ1n) is 10.00. The zero-order valence-electron chi connectivity index (χ0n) is 17.4. The highest BCUT2D eigenvalue weighted by molar-refractivity contribution is 5.55. The molecule has 0 bridgehead atoms. The largest absolute Gasteiger partial charge is 0.496 e. The molecule has 0 spiro atoms. The molecule has 0 saturated heterocycles. The molecule has 0 radical (unpaired) electrons. The molecule has 1 aromatic heterocycles. The van der Waals surface area contributed by atoms with Crippen LogP contribution in [0.25, 0.3) is 11.5 Å². The molecule has 0 fully saturated rings. The number of aromatic nitrogens is 2. The van der Waals surface area contributed by atoms with Crippen molar-refractivity contribution >= 4 is 5.69 Å². The van der Waals surface area contributed by atoms with Gasteiger partial charge in [0.05, 0.1) is 7.11 Å². The average Bonchev–Trinajstić information content (AvgIpc) is 3.25. The monoisotopic (exact) mass is 399 g/mol. The Hall–Kier alpha value is -3.60. The van der Waals surface area contributed by atoms with Gasteiger partial charge in [0.25, 0.3) is 0 Å². The Bertz CT molecular complexity index is 1120. The molecule has 4 aromatic rings. The minimum Gasteiger partial charge on any atom is -0.496 e. The fraction of sp³-hybridized carbons (Fsp3) is 0.200. The van der Waals surface area contributed by atoms with Gasteiger partial charge in [-0.25, -0.2) is 0 Å². The summed E-state index contributed by atoms with van der Waals surface area (Å²) in [5.74, 6) is 1.95. The van der Waals surface area contributed by atoms with E-state index in [0.717, 1.165) is 34.5 Å². The minimum absolute atomic E-state index is 0.131. The molecule has 152 valence electrons. The molecule has 30 heavy (non-hydrogen) atoms. The number of ether oxygens (including phenoxy) is 1. The minimum atomic E-state index is -0.131. The van der Waals surface area contributed by atoms with Crippen LogP contribution >= 0.6 is 0 Å². The molecule has 1 heterocycles. The highest BCUT2D eigenvalue weighted by Gasteiger charge is 2.16. The number of methoxy groups -OCH3 is 1. The summed E-state index contributed by atoms with van der Waals surface area (Å²) in [4.78, 5) is 0. The Balaban J connectivity index is 1.52. The van der Waals surface area contributed by atoms with Crippen molar-refractivity contribution in [3.05, 3.63) is 95.4 Å². The van der Waals surface area contributed by atoms with Crippen LogP contribution in [0.1, 0.15) is 35.5 Å². The van der Waals surface area contributed by atoms with Crippen LogP contribution in [0.2, 0.25) is 0 Å². The summed E-state index contributed by atoms with van der Waals surface area (Å²) >= 11 is 0. The lowest BCUT2D eigenvalue weighted by atomic mass is 10.0. The molecule has 0 amide bonds. The van der Waals surface area contributed by atoms with Crippen molar-refractivity contribution < 1.29 is 9.15 Å². The summed E-state index contributed by atoms with van der Waals surface area (Å²) in [6.07, 6.45) is 0.798. The third-order valence-electron chi connectivity index (χ3n) is 4.98. The van der Waals surface area contributed by atoms with E-state index >= 15 is 0 Å². The molecule has 0 unspecified atom stereocenters. The van der Waals surface area contributed by atoms with Gasteiger partial charge in [-0.2, -0.15) is 0 Å². The molecule has 3 aromatic carbocycles. The Kier molecular flexibility index (Phi) is 5.80. The number of hydrogen-bond donors (Lipinski definition) is 1. The number of nitrogens with one attached hydrogen (secondary N) is 1. The Morgan fingerprint density at radius 3 is 2.57 bits per heavy atom. The van der Waals surface area contributed by atoms with Crippen molar-refractivity contribution in [3.63, 3.8) is 0 Å². The third kappa shape index (κ3) is 4.51. The van der Waals surface area contributed by atoms with Gasteiger partial charge < -0.3 is 14.5 Å². The van der Waals surface area contributed by atoms with Gasteiger partial charge in [-0.05, 0) is 49.7 Å². The van der Waals surface area contributed by atoms with E-state index in [0.29, 0.717) is 11.8 Å². The smallest absolute Gasteiger partial charge is 0.247 e. The van der Waals surface area contributed by atoms with E-state index in [1.54, 1.807) is 7.11 Å². The van der Waals surface area contributed by atoms with E-state index < -0.39 is 0 Å². The van der Waals surface area contributed by atoms with Crippen LogP contribution < -0.4 is 10.1 Å². The summed E-state index contributed by atoms with van der Waals surface area (Å²) < 4.78 is 11.5. The van der Waals surface area contributed by atoms with Crippen molar-refractivity contribution in [1.29, 1.82) is 0 Å². The summed E-state index contributed by atoms with van der Waals surface area (Å²) in [5.41, 5.74) is 5.41. The van der Waals surface area contributed by atoms with Crippen molar-refractivity contribution in [3.8, 4) is 17.2 Å². The number of benzene rings is 3. The van der Waals surface area contributed by atoms with Gasteiger partial charge in [0.2, 0.25) is 11.8 Å². The average molecular weight is 399 g/mol. The molecular formula is C25H25N3O2. The Morgan fingerprint density at radius 1 is 0.967 bits per heavy atom. The van der Waals surface area contributed by atoms with Crippen LogP contribution in [0, 0.1) is 6.92 Å².